The number of nitrogens with one attached hydrogen (secondary N) is 1. The third kappa shape index (κ3) is 4.99. The zero-order valence-corrected chi connectivity index (χ0v) is 11.5. The molecule has 104 valence electrons. The number of rotatable bonds is 6. The minimum Gasteiger partial charge on any atom is -0.480 e. The van der Waals surface area contributed by atoms with Crippen molar-refractivity contribution >= 4 is 17.6 Å². The SMILES string of the molecule is CC(C)c1cccc(N(C)CC(=O)NCC(=O)O)c1. The Morgan fingerprint density at radius 1 is 1.37 bits per heavy atom. The predicted octanol–water partition coefficient (Wildman–Crippen LogP) is 1.45. The van der Waals surface area contributed by atoms with E-state index in [0.717, 1.165) is 5.69 Å². The van der Waals surface area contributed by atoms with Crippen LogP contribution in [0.1, 0.15) is 25.3 Å². The lowest BCUT2D eigenvalue weighted by Crippen LogP contribution is -2.37. The highest BCUT2D eigenvalue weighted by molar-refractivity contribution is 5.84. The van der Waals surface area contributed by atoms with Crippen LogP contribution in [-0.2, 0) is 9.59 Å². The molecular weight excluding hydrogens is 244 g/mol. The van der Waals surface area contributed by atoms with E-state index in [2.05, 4.69) is 19.2 Å². The van der Waals surface area contributed by atoms with Gasteiger partial charge in [-0.2, -0.15) is 0 Å². The number of nitrogens with zero attached hydrogens (tertiary/aromatic N) is 1. The lowest BCUT2D eigenvalue weighted by Gasteiger charge is -2.20. The molecule has 1 amide bonds. The maximum Gasteiger partial charge on any atom is 0.322 e. The van der Waals surface area contributed by atoms with Gasteiger partial charge in [-0.1, -0.05) is 26.0 Å². The lowest BCUT2D eigenvalue weighted by molar-refractivity contribution is -0.137. The van der Waals surface area contributed by atoms with Crippen LogP contribution in [0.25, 0.3) is 0 Å². The van der Waals surface area contributed by atoms with Gasteiger partial charge in [0, 0.05) is 12.7 Å². The summed E-state index contributed by atoms with van der Waals surface area (Å²) in [5.41, 5.74) is 2.15. The molecule has 2 N–H and O–H groups in total. The Labute approximate surface area is 113 Å². The van der Waals surface area contributed by atoms with Crippen molar-refractivity contribution in [1.29, 1.82) is 0 Å². The number of hydrogen-bond acceptors (Lipinski definition) is 3. The molecule has 0 aliphatic carbocycles. The molecule has 0 saturated heterocycles. The number of carboxylic acids is 1. The Morgan fingerprint density at radius 3 is 2.63 bits per heavy atom. The summed E-state index contributed by atoms with van der Waals surface area (Å²) in [5.74, 6) is -0.924. The van der Waals surface area contributed by atoms with Crippen molar-refractivity contribution in [3.8, 4) is 0 Å². The first-order chi connectivity index (χ1) is 8.90. The molecule has 0 aliphatic heterocycles. The van der Waals surface area contributed by atoms with Crippen molar-refractivity contribution in [2.75, 3.05) is 25.0 Å². The van der Waals surface area contributed by atoms with Crippen molar-refractivity contribution in [3.05, 3.63) is 29.8 Å². The molecule has 0 fully saturated rings. The third-order valence-electron chi connectivity index (χ3n) is 2.80. The van der Waals surface area contributed by atoms with Gasteiger partial charge in [0.25, 0.3) is 0 Å². The number of hydrogen-bond donors (Lipinski definition) is 2. The van der Waals surface area contributed by atoms with Gasteiger partial charge in [-0.05, 0) is 23.6 Å². The first-order valence-corrected chi connectivity index (χ1v) is 6.19. The van der Waals surface area contributed by atoms with Crippen molar-refractivity contribution in [2.45, 2.75) is 19.8 Å². The molecule has 1 rings (SSSR count). The first-order valence-electron chi connectivity index (χ1n) is 6.19. The average molecular weight is 264 g/mol. The van der Waals surface area contributed by atoms with Gasteiger partial charge in [0.2, 0.25) is 5.91 Å². The predicted molar refractivity (Wildman–Crippen MR) is 74.4 cm³/mol. The van der Waals surface area contributed by atoms with Crippen LogP contribution < -0.4 is 10.2 Å². The second-order valence-corrected chi connectivity index (χ2v) is 4.78. The molecule has 0 atom stereocenters. The summed E-state index contributed by atoms with van der Waals surface area (Å²) in [6.07, 6.45) is 0. The van der Waals surface area contributed by atoms with Crippen LogP contribution in [0.15, 0.2) is 24.3 Å². The maximum absolute atomic E-state index is 11.5. The molecule has 0 radical (unpaired) electrons. The highest BCUT2D eigenvalue weighted by atomic mass is 16.4. The first kappa shape index (κ1) is 15.0. The highest BCUT2D eigenvalue weighted by Crippen LogP contribution is 2.20. The van der Waals surface area contributed by atoms with E-state index in [-0.39, 0.29) is 19.0 Å². The monoisotopic (exact) mass is 264 g/mol. The summed E-state index contributed by atoms with van der Waals surface area (Å²) in [7, 11) is 1.81. The number of amides is 1. The van der Waals surface area contributed by atoms with Gasteiger partial charge in [0.15, 0.2) is 0 Å². The normalized spacial score (nSPS) is 10.3. The van der Waals surface area contributed by atoms with E-state index < -0.39 is 5.97 Å². The minimum absolute atomic E-state index is 0.134. The number of carbonyl (C=O) groups is 2. The minimum atomic E-state index is -1.04. The van der Waals surface area contributed by atoms with E-state index >= 15 is 0 Å². The van der Waals surface area contributed by atoms with Crippen LogP contribution in [0.3, 0.4) is 0 Å². The number of aliphatic carboxylic acids is 1. The molecule has 1 aromatic rings. The van der Waals surface area contributed by atoms with Gasteiger partial charge < -0.3 is 15.3 Å². The van der Waals surface area contributed by atoms with Crippen LogP contribution in [0, 0.1) is 0 Å². The van der Waals surface area contributed by atoms with Crippen LogP contribution >= 0.6 is 0 Å². The number of likely N-dealkylation sites (N-methyl/N-ethyl adjacent to an activating group) is 1. The Kier molecular flexibility index (Phi) is 5.36. The van der Waals surface area contributed by atoms with Crippen molar-refractivity contribution in [3.63, 3.8) is 0 Å². The van der Waals surface area contributed by atoms with Gasteiger partial charge in [0.05, 0.1) is 6.54 Å². The second-order valence-electron chi connectivity index (χ2n) is 4.78. The zero-order valence-electron chi connectivity index (χ0n) is 11.5. The topological polar surface area (TPSA) is 69.6 Å². The van der Waals surface area contributed by atoms with Crippen molar-refractivity contribution in [2.24, 2.45) is 0 Å². The number of anilines is 1. The van der Waals surface area contributed by atoms with Crippen LogP contribution in [0.4, 0.5) is 5.69 Å². The summed E-state index contributed by atoms with van der Waals surface area (Å²) < 4.78 is 0. The van der Waals surface area contributed by atoms with Crippen molar-refractivity contribution in [1.82, 2.24) is 5.32 Å². The fraction of sp³-hybridized carbons (Fsp3) is 0.429. The largest absolute Gasteiger partial charge is 0.480 e. The number of benzene rings is 1. The molecular formula is C14H20N2O3. The summed E-state index contributed by atoms with van der Waals surface area (Å²) in [4.78, 5) is 23.7. The van der Waals surface area contributed by atoms with Gasteiger partial charge in [-0.3, -0.25) is 9.59 Å². The fourth-order valence-corrected chi connectivity index (χ4v) is 1.66. The van der Waals surface area contributed by atoms with E-state index in [4.69, 9.17) is 5.11 Å². The molecule has 5 heteroatoms. The Bertz CT molecular complexity index is 458. The standard InChI is InChI=1S/C14H20N2O3/c1-10(2)11-5-4-6-12(7-11)16(3)9-13(17)15-8-14(18)19/h4-7,10H,8-9H2,1-3H3,(H,15,17)(H,18,19). The maximum atomic E-state index is 11.5. The smallest absolute Gasteiger partial charge is 0.322 e. The summed E-state index contributed by atoms with van der Waals surface area (Å²) in [6.45, 7) is 4.00. The summed E-state index contributed by atoms with van der Waals surface area (Å²) in [5, 5.41) is 10.8. The second kappa shape index (κ2) is 6.78. The van der Waals surface area contributed by atoms with Crippen molar-refractivity contribution < 1.29 is 14.7 Å². The molecule has 0 spiro atoms. The molecule has 1 aromatic carbocycles. The van der Waals surface area contributed by atoms with E-state index in [0.29, 0.717) is 5.92 Å². The van der Waals surface area contributed by atoms with Crippen LogP contribution in [-0.4, -0.2) is 37.1 Å². The molecule has 0 saturated carbocycles. The van der Waals surface area contributed by atoms with Gasteiger partial charge in [-0.15, -0.1) is 0 Å². The Morgan fingerprint density at radius 2 is 2.05 bits per heavy atom. The molecule has 0 aromatic heterocycles. The Hall–Kier alpha value is -2.04. The average Bonchev–Trinajstić information content (AvgIpc) is 2.36. The van der Waals surface area contributed by atoms with Crippen LogP contribution in [0.5, 0.6) is 0 Å². The fourth-order valence-electron chi connectivity index (χ4n) is 1.66. The lowest BCUT2D eigenvalue weighted by atomic mass is 10.0. The molecule has 19 heavy (non-hydrogen) atoms. The van der Waals surface area contributed by atoms with Gasteiger partial charge in [-0.25, -0.2) is 0 Å². The number of carboxylic acid groups (broad SMARTS) is 1. The summed E-state index contributed by atoms with van der Waals surface area (Å²) >= 11 is 0. The van der Waals surface area contributed by atoms with E-state index in [1.54, 1.807) is 11.9 Å². The molecule has 0 heterocycles. The summed E-state index contributed by atoms with van der Waals surface area (Å²) in [6, 6.07) is 7.97. The van der Waals surface area contributed by atoms with Gasteiger partial charge >= 0.3 is 5.97 Å². The van der Waals surface area contributed by atoms with E-state index in [1.165, 1.54) is 5.56 Å². The third-order valence-corrected chi connectivity index (χ3v) is 2.80. The molecule has 0 aliphatic rings. The highest BCUT2D eigenvalue weighted by Gasteiger charge is 2.09. The van der Waals surface area contributed by atoms with E-state index in [1.807, 2.05) is 24.3 Å². The Balaban J connectivity index is 2.62. The molecule has 5 nitrogen and oxygen atoms in total. The van der Waals surface area contributed by atoms with Gasteiger partial charge in [0.1, 0.15) is 6.54 Å². The number of carbonyl (C=O) groups excluding carboxylic acids is 1. The quantitative estimate of drug-likeness (QED) is 0.816. The molecule has 0 bridgehead atoms. The molecule has 0 unspecified atom stereocenters. The van der Waals surface area contributed by atoms with Crippen LogP contribution in [0.2, 0.25) is 0 Å². The zero-order chi connectivity index (χ0) is 14.4. The van der Waals surface area contributed by atoms with E-state index in [9.17, 15) is 9.59 Å².